The van der Waals surface area contributed by atoms with Gasteiger partial charge in [0.15, 0.2) is 0 Å². The highest BCUT2D eigenvalue weighted by atomic mass is 32.2. The lowest BCUT2D eigenvalue weighted by Crippen LogP contribution is -2.17. The molecule has 3 heteroatoms. The fourth-order valence-corrected chi connectivity index (χ4v) is 2.43. The molecule has 1 N–H and O–H groups in total. The predicted molar refractivity (Wildman–Crippen MR) is 86.5 cm³/mol. The van der Waals surface area contributed by atoms with Gasteiger partial charge in [-0.2, -0.15) is 0 Å². The van der Waals surface area contributed by atoms with Gasteiger partial charge in [0.25, 0.3) is 0 Å². The molecule has 0 saturated heterocycles. The Kier molecular flexibility index (Phi) is 5.50. The molecule has 0 saturated carbocycles. The summed E-state index contributed by atoms with van der Waals surface area (Å²) in [6.45, 7) is 3.05. The fraction of sp³-hybridized carbons (Fsp3) is 0.294. The molecule has 2 nitrogen and oxygen atoms in total. The molecule has 106 valence electrons. The molecule has 0 aliphatic rings. The quantitative estimate of drug-likeness (QED) is 0.802. The van der Waals surface area contributed by atoms with Crippen molar-refractivity contribution in [3.8, 4) is 5.75 Å². The van der Waals surface area contributed by atoms with E-state index >= 15 is 0 Å². The van der Waals surface area contributed by atoms with Crippen molar-refractivity contribution in [1.82, 2.24) is 5.32 Å². The number of ether oxygens (including phenoxy) is 1. The van der Waals surface area contributed by atoms with Gasteiger partial charge in [0, 0.05) is 17.5 Å². The van der Waals surface area contributed by atoms with E-state index in [4.69, 9.17) is 4.74 Å². The van der Waals surface area contributed by atoms with E-state index in [9.17, 15) is 0 Å². The van der Waals surface area contributed by atoms with Crippen molar-refractivity contribution in [2.45, 2.75) is 24.4 Å². The molecule has 2 aromatic carbocycles. The van der Waals surface area contributed by atoms with Crippen LogP contribution < -0.4 is 10.1 Å². The smallest absolute Gasteiger partial charge is 0.118 e. The van der Waals surface area contributed by atoms with Gasteiger partial charge in [-0.25, -0.2) is 0 Å². The van der Waals surface area contributed by atoms with Crippen LogP contribution in [-0.4, -0.2) is 13.4 Å². The molecular formula is C17H21NOS. The number of benzene rings is 2. The topological polar surface area (TPSA) is 21.3 Å². The Morgan fingerprint density at radius 3 is 2.25 bits per heavy atom. The Hall–Kier alpha value is -1.45. The number of hydrogen-bond donors (Lipinski definition) is 1. The lowest BCUT2D eigenvalue weighted by atomic mass is 10.1. The largest absolute Gasteiger partial charge is 0.497 e. The highest BCUT2D eigenvalue weighted by molar-refractivity contribution is 7.98. The molecule has 1 unspecified atom stereocenters. The van der Waals surface area contributed by atoms with Crippen molar-refractivity contribution < 1.29 is 4.74 Å². The zero-order valence-electron chi connectivity index (χ0n) is 12.2. The van der Waals surface area contributed by atoms with Crippen LogP contribution in [0.2, 0.25) is 0 Å². The Bertz CT molecular complexity index is 522. The Balaban J connectivity index is 1.91. The molecule has 0 amide bonds. The molecule has 1 atom stereocenters. The summed E-state index contributed by atoms with van der Waals surface area (Å²) in [4.78, 5) is 1.30. The molecule has 20 heavy (non-hydrogen) atoms. The first-order chi connectivity index (χ1) is 9.72. The van der Waals surface area contributed by atoms with Crippen LogP contribution in [0.1, 0.15) is 24.1 Å². The fourth-order valence-electron chi connectivity index (χ4n) is 2.02. The van der Waals surface area contributed by atoms with Gasteiger partial charge in [0.05, 0.1) is 7.11 Å². The van der Waals surface area contributed by atoms with Gasteiger partial charge in [-0.05, 0) is 48.6 Å². The second-order valence-electron chi connectivity index (χ2n) is 4.72. The summed E-state index contributed by atoms with van der Waals surface area (Å²) < 4.78 is 5.16. The van der Waals surface area contributed by atoms with E-state index in [1.165, 1.54) is 16.0 Å². The zero-order chi connectivity index (χ0) is 14.4. The lowest BCUT2D eigenvalue weighted by Gasteiger charge is -2.15. The van der Waals surface area contributed by atoms with Crippen LogP contribution >= 0.6 is 11.8 Å². The monoisotopic (exact) mass is 287 g/mol. The molecule has 0 aliphatic carbocycles. The molecular weight excluding hydrogens is 266 g/mol. The Labute approximate surface area is 125 Å². The first kappa shape index (κ1) is 14.9. The molecule has 0 aliphatic heterocycles. The van der Waals surface area contributed by atoms with Crippen molar-refractivity contribution in [2.75, 3.05) is 13.4 Å². The van der Waals surface area contributed by atoms with Crippen molar-refractivity contribution in [3.05, 3.63) is 59.7 Å². The summed E-state index contributed by atoms with van der Waals surface area (Å²) in [7, 11) is 1.69. The molecule has 0 heterocycles. The maximum atomic E-state index is 5.16. The van der Waals surface area contributed by atoms with Gasteiger partial charge < -0.3 is 10.1 Å². The number of nitrogens with one attached hydrogen (secondary N) is 1. The molecule has 0 aromatic heterocycles. The number of hydrogen-bond acceptors (Lipinski definition) is 3. The van der Waals surface area contributed by atoms with E-state index in [0.717, 1.165) is 12.3 Å². The second kappa shape index (κ2) is 7.36. The summed E-state index contributed by atoms with van der Waals surface area (Å²) in [5.41, 5.74) is 2.58. The third kappa shape index (κ3) is 4.02. The molecule has 0 spiro atoms. The number of methoxy groups -OCH3 is 1. The molecule has 2 rings (SSSR count). The zero-order valence-corrected chi connectivity index (χ0v) is 13.0. The van der Waals surface area contributed by atoms with Crippen LogP contribution in [0, 0.1) is 0 Å². The van der Waals surface area contributed by atoms with Crippen LogP contribution in [-0.2, 0) is 6.54 Å². The van der Waals surface area contributed by atoms with Crippen LogP contribution in [0.3, 0.4) is 0 Å². The summed E-state index contributed by atoms with van der Waals surface area (Å²) in [6, 6.07) is 17.2. The highest BCUT2D eigenvalue weighted by Crippen LogP contribution is 2.19. The van der Waals surface area contributed by atoms with E-state index in [-0.39, 0.29) is 0 Å². The molecule has 2 aromatic rings. The summed E-state index contributed by atoms with van der Waals surface area (Å²) >= 11 is 1.77. The van der Waals surface area contributed by atoms with E-state index < -0.39 is 0 Å². The molecule has 0 bridgehead atoms. The number of thioether (sulfide) groups is 1. The van der Waals surface area contributed by atoms with Crippen molar-refractivity contribution in [3.63, 3.8) is 0 Å². The highest BCUT2D eigenvalue weighted by Gasteiger charge is 2.04. The van der Waals surface area contributed by atoms with E-state index in [1.807, 2.05) is 12.1 Å². The van der Waals surface area contributed by atoms with Crippen LogP contribution in [0.15, 0.2) is 53.4 Å². The first-order valence-corrected chi connectivity index (χ1v) is 7.95. The van der Waals surface area contributed by atoms with Crippen molar-refractivity contribution in [2.24, 2.45) is 0 Å². The van der Waals surface area contributed by atoms with Gasteiger partial charge in [-0.3, -0.25) is 0 Å². The van der Waals surface area contributed by atoms with Crippen LogP contribution in [0.4, 0.5) is 0 Å². The lowest BCUT2D eigenvalue weighted by molar-refractivity contribution is 0.414. The number of rotatable bonds is 6. The van der Waals surface area contributed by atoms with Gasteiger partial charge in [0.1, 0.15) is 5.75 Å². The SMILES string of the molecule is COc1ccc(CNC(C)c2ccc(SC)cc2)cc1. The van der Waals surface area contributed by atoms with E-state index in [1.54, 1.807) is 18.9 Å². The van der Waals surface area contributed by atoms with Gasteiger partial charge in [-0.1, -0.05) is 24.3 Å². The minimum atomic E-state index is 0.341. The van der Waals surface area contributed by atoms with Gasteiger partial charge >= 0.3 is 0 Å². The standard InChI is InChI=1S/C17H21NOS/c1-13(15-6-10-17(20-3)11-7-15)18-12-14-4-8-16(19-2)9-5-14/h4-11,13,18H,12H2,1-3H3. The summed E-state index contributed by atoms with van der Waals surface area (Å²) in [6.07, 6.45) is 2.10. The minimum Gasteiger partial charge on any atom is -0.497 e. The Morgan fingerprint density at radius 2 is 1.70 bits per heavy atom. The van der Waals surface area contributed by atoms with E-state index in [0.29, 0.717) is 6.04 Å². The third-order valence-corrected chi connectivity index (χ3v) is 4.13. The van der Waals surface area contributed by atoms with Crippen LogP contribution in [0.5, 0.6) is 5.75 Å². The first-order valence-electron chi connectivity index (χ1n) is 6.73. The predicted octanol–water partition coefficient (Wildman–Crippen LogP) is 4.27. The summed E-state index contributed by atoms with van der Waals surface area (Å²) in [5.74, 6) is 0.898. The van der Waals surface area contributed by atoms with Crippen molar-refractivity contribution in [1.29, 1.82) is 0 Å². The van der Waals surface area contributed by atoms with Gasteiger partial charge in [-0.15, -0.1) is 11.8 Å². The minimum absolute atomic E-state index is 0.341. The van der Waals surface area contributed by atoms with E-state index in [2.05, 4.69) is 54.9 Å². The normalized spacial score (nSPS) is 12.2. The average molecular weight is 287 g/mol. The second-order valence-corrected chi connectivity index (χ2v) is 5.60. The Morgan fingerprint density at radius 1 is 1.05 bits per heavy atom. The van der Waals surface area contributed by atoms with Crippen LogP contribution in [0.25, 0.3) is 0 Å². The summed E-state index contributed by atoms with van der Waals surface area (Å²) in [5, 5.41) is 3.54. The van der Waals surface area contributed by atoms with Gasteiger partial charge in [0.2, 0.25) is 0 Å². The maximum absolute atomic E-state index is 5.16. The molecule has 0 radical (unpaired) electrons. The molecule has 0 fully saturated rings. The maximum Gasteiger partial charge on any atom is 0.118 e. The third-order valence-electron chi connectivity index (χ3n) is 3.39. The van der Waals surface area contributed by atoms with Crippen molar-refractivity contribution >= 4 is 11.8 Å². The average Bonchev–Trinajstić information content (AvgIpc) is 2.53.